The summed E-state index contributed by atoms with van der Waals surface area (Å²) < 4.78 is 10.9. The molecule has 1 aromatic carbocycles. The first-order valence-corrected chi connectivity index (χ1v) is 9.79. The molecular weight excluding hydrogens is 328 g/mol. The number of piperidine rings is 1. The molecular formula is C21H32N2O3. The van der Waals surface area contributed by atoms with Gasteiger partial charge in [-0.2, -0.15) is 0 Å². The average molecular weight is 360 g/mol. The topological polar surface area (TPSA) is 42.0 Å². The Kier molecular flexibility index (Phi) is 6.20. The summed E-state index contributed by atoms with van der Waals surface area (Å²) in [6.45, 7) is 12.9. The molecule has 26 heavy (non-hydrogen) atoms. The Balaban J connectivity index is 1.49. The Morgan fingerprint density at radius 3 is 2.27 bits per heavy atom. The van der Waals surface area contributed by atoms with Crippen LogP contribution < -0.4 is 4.90 Å². The van der Waals surface area contributed by atoms with Crippen molar-refractivity contribution in [1.29, 1.82) is 0 Å². The Labute approximate surface area is 157 Å². The highest BCUT2D eigenvalue weighted by Crippen LogP contribution is 2.25. The molecule has 0 bridgehead atoms. The van der Waals surface area contributed by atoms with E-state index in [1.165, 1.54) is 25.1 Å². The first-order chi connectivity index (χ1) is 12.4. The summed E-state index contributed by atoms with van der Waals surface area (Å²) in [5, 5.41) is 0. The zero-order chi connectivity index (χ0) is 18.6. The van der Waals surface area contributed by atoms with Gasteiger partial charge in [-0.25, -0.2) is 4.79 Å². The molecule has 0 atom stereocenters. The van der Waals surface area contributed by atoms with Gasteiger partial charge in [0.1, 0.15) is 5.60 Å². The highest BCUT2D eigenvalue weighted by Gasteiger charge is 2.23. The molecule has 0 saturated carbocycles. The van der Waals surface area contributed by atoms with E-state index in [1.807, 2.05) is 45.0 Å². The Morgan fingerprint density at radius 1 is 1.08 bits per heavy atom. The Hall–Kier alpha value is -1.59. The number of ether oxygens (including phenoxy) is 2. The van der Waals surface area contributed by atoms with E-state index >= 15 is 0 Å². The molecule has 0 aromatic heterocycles. The third-order valence-electron chi connectivity index (χ3n) is 5.10. The maximum atomic E-state index is 12.1. The van der Waals surface area contributed by atoms with Gasteiger partial charge in [-0.1, -0.05) is 0 Å². The Morgan fingerprint density at radius 2 is 1.69 bits per heavy atom. The zero-order valence-corrected chi connectivity index (χ0v) is 16.4. The maximum absolute atomic E-state index is 12.1. The molecule has 0 spiro atoms. The smallest absolute Gasteiger partial charge is 0.338 e. The summed E-state index contributed by atoms with van der Waals surface area (Å²) in [5.41, 5.74) is 1.35. The number of carbonyl (C=O) groups excluding carboxylic acids is 1. The predicted molar refractivity (Wildman–Crippen MR) is 104 cm³/mol. The summed E-state index contributed by atoms with van der Waals surface area (Å²) in [6, 6.07) is 7.84. The van der Waals surface area contributed by atoms with Crippen molar-refractivity contribution in [2.24, 2.45) is 5.92 Å². The molecule has 2 fully saturated rings. The molecule has 144 valence electrons. The molecule has 5 nitrogen and oxygen atoms in total. The fourth-order valence-electron chi connectivity index (χ4n) is 3.67. The second-order valence-electron chi connectivity index (χ2n) is 8.39. The van der Waals surface area contributed by atoms with E-state index < -0.39 is 5.60 Å². The standard InChI is InChI=1S/C21H32N2O3/c1-21(2,3)26-20(24)18-4-6-19(7-5-18)23-10-8-17(9-11-23)16-22-12-14-25-15-13-22/h4-7,17H,8-16H2,1-3H3. The molecule has 0 radical (unpaired) electrons. The van der Waals surface area contributed by atoms with Crippen LogP contribution in [0.5, 0.6) is 0 Å². The number of benzene rings is 1. The molecule has 1 aromatic rings. The van der Waals surface area contributed by atoms with Gasteiger partial charge in [-0.15, -0.1) is 0 Å². The largest absolute Gasteiger partial charge is 0.456 e. The third-order valence-corrected chi connectivity index (χ3v) is 5.10. The van der Waals surface area contributed by atoms with E-state index in [1.54, 1.807) is 0 Å². The molecule has 2 saturated heterocycles. The lowest BCUT2D eigenvalue weighted by Crippen LogP contribution is -2.42. The van der Waals surface area contributed by atoms with Crippen LogP contribution >= 0.6 is 0 Å². The van der Waals surface area contributed by atoms with Crippen LogP contribution in [0.2, 0.25) is 0 Å². The number of esters is 1. The highest BCUT2D eigenvalue weighted by atomic mass is 16.6. The van der Waals surface area contributed by atoms with Crippen LogP contribution in [0.3, 0.4) is 0 Å². The van der Waals surface area contributed by atoms with E-state index in [0.29, 0.717) is 5.56 Å². The summed E-state index contributed by atoms with van der Waals surface area (Å²) in [7, 11) is 0. The Bertz CT molecular complexity index is 580. The first kappa shape index (κ1) is 19.2. The molecule has 0 N–H and O–H groups in total. The summed E-state index contributed by atoms with van der Waals surface area (Å²) in [5.74, 6) is 0.527. The van der Waals surface area contributed by atoms with E-state index in [4.69, 9.17) is 9.47 Å². The number of morpholine rings is 1. The minimum absolute atomic E-state index is 0.256. The van der Waals surface area contributed by atoms with Gasteiger partial charge >= 0.3 is 5.97 Å². The van der Waals surface area contributed by atoms with Crippen molar-refractivity contribution in [3.05, 3.63) is 29.8 Å². The SMILES string of the molecule is CC(C)(C)OC(=O)c1ccc(N2CCC(CN3CCOCC3)CC2)cc1. The number of nitrogens with zero attached hydrogens (tertiary/aromatic N) is 2. The van der Waals surface area contributed by atoms with Crippen LogP contribution in [0, 0.1) is 5.92 Å². The number of anilines is 1. The lowest BCUT2D eigenvalue weighted by molar-refractivity contribution is 0.00695. The highest BCUT2D eigenvalue weighted by molar-refractivity contribution is 5.90. The van der Waals surface area contributed by atoms with Crippen molar-refractivity contribution in [3.63, 3.8) is 0 Å². The van der Waals surface area contributed by atoms with Gasteiger partial charge in [-0.3, -0.25) is 4.90 Å². The van der Waals surface area contributed by atoms with Crippen LogP contribution in [-0.4, -0.2) is 62.4 Å². The van der Waals surface area contributed by atoms with Gasteiger partial charge in [0.25, 0.3) is 0 Å². The molecule has 3 rings (SSSR count). The van der Waals surface area contributed by atoms with Crippen molar-refractivity contribution < 1.29 is 14.3 Å². The second-order valence-corrected chi connectivity index (χ2v) is 8.39. The molecule has 0 amide bonds. The monoisotopic (exact) mass is 360 g/mol. The number of hydrogen-bond acceptors (Lipinski definition) is 5. The molecule has 2 aliphatic heterocycles. The number of hydrogen-bond donors (Lipinski definition) is 0. The normalized spacial score (nSPS) is 20.2. The minimum atomic E-state index is -0.460. The van der Waals surface area contributed by atoms with Gasteiger partial charge in [-0.05, 0) is 63.8 Å². The van der Waals surface area contributed by atoms with Gasteiger partial charge in [0.15, 0.2) is 0 Å². The fraction of sp³-hybridized carbons (Fsp3) is 0.667. The van der Waals surface area contributed by atoms with Crippen LogP contribution in [0.15, 0.2) is 24.3 Å². The average Bonchev–Trinajstić information content (AvgIpc) is 2.62. The summed E-state index contributed by atoms with van der Waals surface area (Å²) in [6.07, 6.45) is 2.45. The predicted octanol–water partition coefficient (Wildman–Crippen LogP) is 3.19. The molecule has 0 unspecified atom stereocenters. The molecule has 2 heterocycles. The van der Waals surface area contributed by atoms with Gasteiger partial charge in [0, 0.05) is 38.4 Å². The number of rotatable bonds is 4. The molecule has 2 aliphatic rings. The number of carbonyl (C=O) groups is 1. The summed E-state index contributed by atoms with van der Waals surface area (Å²) in [4.78, 5) is 17.1. The third kappa shape index (κ3) is 5.45. The van der Waals surface area contributed by atoms with Crippen molar-refractivity contribution in [2.75, 3.05) is 50.8 Å². The van der Waals surface area contributed by atoms with Crippen molar-refractivity contribution in [2.45, 2.75) is 39.2 Å². The van der Waals surface area contributed by atoms with Crippen molar-refractivity contribution >= 4 is 11.7 Å². The van der Waals surface area contributed by atoms with E-state index in [0.717, 1.165) is 45.3 Å². The van der Waals surface area contributed by atoms with Crippen LogP contribution in [-0.2, 0) is 9.47 Å². The van der Waals surface area contributed by atoms with Crippen LogP contribution in [0.25, 0.3) is 0 Å². The summed E-state index contributed by atoms with van der Waals surface area (Å²) >= 11 is 0. The van der Waals surface area contributed by atoms with E-state index in [2.05, 4.69) is 9.80 Å². The van der Waals surface area contributed by atoms with Gasteiger partial charge in [0.05, 0.1) is 18.8 Å². The minimum Gasteiger partial charge on any atom is -0.456 e. The molecule has 0 aliphatic carbocycles. The second kappa shape index (κ2) is 8.40. The van der Waals surface area contributed by atoms with Gasteiger partial charge < -0.3 is 14.4 Å². The van der Waals surface area contributed by atoms with Crippen LogP contribution in [0.4, 0.5) is 5.69 Å². The lowest BCUT2D eigenvalue weighted by atomic mass is 9.95. The maximum Gasteiger partial charge on any atom is 0.338 e. The van der Waals surface area contributed by atoms with E-state index in [9.17, 15) is 4.79 Å². The fourth-order valence-corrected chi connectivity index (χ4v) is 3.67. The van der Waals surface area contributed by atoms with E-state index in [-0.39, 0.29) is 5.97 Å². The van der Waals surface area contributed by atoms with Crippen LogP contribution in [0.1, 0.15) is 44.0 Å². The quantitative estimate of drug-likeness (QED) is 0.772. The lowest BCUT2D eigenvalue weighted by Gasteiger charge is -2.37. The first-order valence-electron chi connectivity index (χ1n) is 9.79. The van der Waals surface area contributed by atoms with Crippen molar-refractivity contribution in [3.8, 4) is 0 Å². The zero-order valence-electron chi connectivity index (χ0n) is 16.4. The van der Waals surface area contributed by atoms with Crippen molar-refractivity contribution in [1.82, 2.24) is 4.90 Å². The van der Waals surface area contributed by atoms with Gasteiger partial charge in [0.2, 0.25) is 0 Å². The molecule has 5 heteroatoms.